The van der Waals surface area contributed by atoms with Crippen LogP contribution in [0.2, 0.25) is 0 Å². The molecule has 1 saturated heterocycles. The number of nitrogens with zero attached hydrogens (tertiary/aromatic N) is 2. The van der Waals surface area contributed by atoms with Crippen LogP contribution in [0.15, 0.2) is 54.6 Å². The Balaban J connectivity index is 1.72. The van der Waals surface area contributed by atoms with E-state index in [0.29, 0.717) is 30.0 Å². The molecule has 162 valence electrons. The lowest BCUT2D eigenvalue weighted by atomic mass is 9.87. The molecule has 0 spiro atoms. The zero-order valence-electron chi connectivity index (χ0n) is 17.1. The van der Waals surface area contributed by atoms with Crippen LogP contribution in [0.25, 0.3) is 11.0 Å². The maximum atomic E-state index is 13.9. The fourth-order valence-corrected chi connectivity index (χ4v) is 4.33. The third-order valence-corrected chi connectivity index (χ3v) is 5.87. The van der Waals surface area contributed by atoms with Gasteiger partial charge in [-0.15, -0.1) is 0 Å². The molecule has 1 amide bonds. The van der Waals surface area contributed by atoms with E-state index in [2.05, 4.69) is 15.3 Å². The van der Waals surface area contributed by atoms with E-state index in [0.717, 1.165) is 5.52 Å². The van der Waals surface area contributed by atoms with E-state index in [9.17, 15) is 18.4 Å². The van der Waals surface area contributed by atoms with Gasteiger partial charge in [-0.25, -0.2) is 13.8 Å². The van der Waals surface area contributed by atoms with Gasteiger partial charge >= 0.3 is 0 Å². The number of ketones is 1. The molecule has 8 heteroatoms. The molecule has 2 heterocycles. The number of carbonyl (C=O) groups excluding carboxylic acids is 2. The van der Waals surface area contributed by atoms with Crippen LogP contribution in [0.5, 0.6) is 0 Å². The van der Waals surface area contributed by atoms with E-state index in [1.807, 2.05) is 24.3 Å². The number of amides is 1. The first kappa shape index (κ1) is 21.0. The second-order valence-electron chi connectivity index (χ2n) is 7.67. The number of nitrogens with one attached hydrogen (secondary N) is 2. The van der Waals surface area contributed by atoms with E-state index in [1.54, 1.807) is 30.0 Å². The second kappa shape index (κ2) is 8.45. The molecule has 31 heavy (non-hydrogen) atoms. The summed E-state index contributed by atoms with van der Waals surface area (Å²) in [6, 6.07) is 14.0. The van der Waals surface area contributed by atoms with E-state index in [-0.39, 0.29) is 18.6 Å². The monoisotopic (exact) mass is 426 g/mol. The molecule has 1 aliphatic rings. The zero-order chi connectivity index (χ0) is 22.0. The SMILES string of the molecule is CCC(=O)[C@@]1(C(=O)NC(c2ccccc2)C(F)F)CCCN1c1nc2ccccc2[nH]1. The van der Waals surface area contributed by atoms with E-state index < -0.39 is 23.9 Å². The first-order valence-electron chi connectivity index (χ1n) is 10.4. The topological polar surface area (TPSA) is 78.1 Å². The number of anilines is 1. The highest BCUT2D eigenvalue weighted by molar-refractivity contribution is 6.14. The summed E-state index contributed by atoms with van der Waals surface area (Å²) in [5.74, 6) is -0.639. The number of rotatable bonds is 7. The Morgan fingerprint density at radius 3 is 2.55 bits per heavy atom. The average Bonchev–Trinajstić information content (AvgIpc) is 3.41. The first-order chi connectivity index (χ1) is 15.0. The minimum Gasteiger partial charge on any atom is -0.341 e. The van der Waals surface area contributed by atoms with Crippen molar-refractivity contribution in [1.82, 2.24) is 15.3 Å². The van der Waals surface area contributed by atoms with Crippen molar-refractivity contribution in [3.05, 3.63) is 60.2 Å². The lowest BCUT2D eigenvalue weighted by Gasteiger charge is -2.36. The number of carbonyl (C=O) groups is 2. The molecule has 0 aliphatic carbocycles. The number of benzene rings is 2. The minimum atomic E-state index is -2.82. The molecule has 1 unspecified atom stereocenters. The lowest BCUT2D eigenvalue weighted by molar-refractivity contribution is -0.136. The molecule has 3 aromatic rings. The summed E-state index contributed by atoms with van der Waals surface area (Å²) in [5, 5.41) is 2.47. The Labute approximate surface area is 178 Å². The van der Waals surface area contributed by atoms with E-state index in [4.69, 9.17) is 0 Å². The summed E-state index contributed by atoms with van der Waals surface area (Å²) in [6.45, 7) is 2.10. The van der Waals surface area contributed by atoms with E-state index >= 15 is 0 Å². The number of Topliss-reactive ketones (excluding diaryl/α,β-unsaturated/α-hetero) is 1. The Morgan fingerprint density at radius 2 is 1.87 bits per heavy atom. The highest BCUT2D eigenvalue weighted by Crippen LogP contribution is 2.36. The summed E-state index contributed by atoms with van der Waals surface area (Å²) in [6.07, 6.45) is -1.90. The van der Waals surface area contributed by atoms with Crippen molar-refractivity contribution >= 4 is 28.7 Å². The maximum absolute atomic E-state index is 13.9. The Morgan fingerprint density at radius 1 is 1.16 bits per heavy atom. The van der Waals surface area contributed by atoms with Crippen LogP contribution >= 0.6 is 0 Å². The Bertz CT molecular complexity index is 1050. The number of halogens is 2. The molecule has 1 fully saturated rings. The molecular formula is C23H24F2N4O2. The quantitative estimate of drug-likeness (QED) is 0.560. The van der Waals surface area contributed by atoms with Crippen molar-refractivity contribution in [3.8, 4) is 0 Å². The summed E-state index contributed by atoms with van der Waals surface area (Å²) < 4.78 is 27.7. The van der Waals surface area contributed by atoms with Gasteiger partial charge in [-0.1, -0.05) is 49.4 Å². The molecule has 0 bridgehead atoms. The molecule has 1 aliphatic heterocycles. The Kier molecular flexibility index (Phi) is 5.71. The van der Waals surface area contributed by atoms with Crippen molar-refractivity contribution in [3.63, 3.8) is 0 Å². The summed E-state index contributed by atoms with van der Waals surface area (Å²) in [5.41, 5.74) is 0.192. The van der Waals surface area contributed by atoms with Crippen LogP contribution in [-0.2, 0) is 9.59 Å². The van der Waals surface area contributed by atoms with Crippen LogP contribution in [0.3, 0.4) is 0 Å². The highest BCUT2D eigenvalue weighted by atomic mass is 19.3. The van der Waals surface area contributed by atoms with Gasteiger partial charge in [0.15, 0.2) is 11.3 Å². The van der Waals surface area contributed by atoms with Crippen molar-refractivity contribution in [2.45, 2.75) is 44.2 Å². The molecule has 6 nitrogen and oxygen atoms in total. The van der Waals surface area contributed by atoms with Crippen molar-refractivity contribution < 1.29 is 18.4 Å². The maximum Gasteiger partial charge on any atom is 0.262 e. The van der Waals surface area contributed by atoms with Gasteiger partial charge in [-0.2, -0.15) is 0 Å². The van der Waals surface area contributed by atoms with Gasteiger partial charge < -0.3 is 15.2 Å². The third kappa shape index (κ3) is 3.66. The number of aromatic amines is 1. The van der Waals surface area contributed by atoms with Gasteiger partial charge in [0, 0.05) is 13.0 Å². The second-order valence-corrected chi connectivity index (χ2v) is 7.67. The average molecular weight is 426 g/mol. The summed E-state index contributed by atoms with van der Waals surface area (Å²) in [7, 11) is 0. The zero-order valence-corrected chi connectivity index (χ0v) is 17.1. The molecule has 2 N–H and O–H groups in total. The van der Waals surface area contributed by atoms with Crippen molar-refractivity contribution in [1.29, 1.82) is 0 Å². The summed E-state index contributed by atoms with van der Waals surface area (Å²) >= 11 is 0. The molecule has 4 rings (SSSR count). The Hall–Kier alpha value is -3.29. The smallest absolute Gasteiger partial charge is 0.262 e. The normalized spacial score (nSPS) is 19.7. The number of imidazole rings is 1. The largest absolute Gasteiger partial charge is 0.341 e. The van der Waals surface area contributed by atoms with Crippen LogP contribution in [-0.4, -0.2) is 40.2 Å². The number of para-hydroxylation sites is 2. The van der Waals surface area contributed by atoms with Gasteiger partial charge in [0.25, 0.3) is 12.3 Å². The predicted molar refractivity (Wildman–Crippen MR) is 114 cm³/mol. The molecule has 0 radical (unpaired) electrons. The third-order valence-electron chi connectivity index (χ3n) is 5.87. The van der Waals surface area contributed by atoms with Gasteiger partial charge in [0.05, 0.1) is 11.0 Å². The van der Waals surface area contributed by atoms with Crippen LogP contribution in [0.4, 0.5) is 14.7 Å². The predicted octanol–water partition coefficient (Wildman–Crippen LogP) is 4.00. The number of H-pyrrole nitrogens is 1. The van der Waals surface area contributed by atoms with Gasteiger partial charge in [-0.05, 0) is 30.5 Å². The van der Waals surface area contributed by atoms with Gasteiger partial charge in [-0.3, -0.25) is 9.59 Å². The fraction of sp³-hybridized carbons (Fsp3) is 0.348. The number of aromatic nitrogens is 2. The molecule has 1 aromatic heterocycles. The molecule has 2 aromatic carbocycles. The van der Waals surface area contributed by atoms with Crippen LogP contribution in [0.1, 0.15) is 37.8 Å². The van der Waals surface area contributed by atoms with Crippen molar-refractivity contribution in [2.75, 3.05) is 11.4 Å². The number of fused-ring (bicyclic) bond motifs is 1. The minimum absolute atomic E-state index is 0.106. The highest BCUT2D eigenvalue weighted by Gasteiger charge is 2.54. The molecular weight excluding hydrogens is 402 g/mol. The number of hydrogen-bond acceptors (Lipinski definition) is 4. The van der Waals surface area contributed by atoms with E-state index in [1.165, 1.54) is 12.1 Å². The lowest BCUT2D eigenvalue weighted by Crippen LogP contribution is -2.62. The number of hydrogen-bond donors (Lipinski definition) is 2. The number of alkyl halides is 2. The van der Waals surface area contributed by atoms with Gasteiger partial charge in [0.1, 0.15) is 6.04 Å². The van der Waals surface area contributed by atoms with Gasteiger partial charge in [0.2, 0.25) is 5.95 Å². The van der Waals surface area contributed by atoms with Crippen LogP contribution < -0.4 is 10.2 Å². The summed E-state index contributed by atoms with van der Waals surface area (Å²) in [4.78, 5) is 36.0. The first-order valence-corrected chi connectivity index (χ1v) is 10.4. The van der Waals surface area contributed by atoms with Crippen LogP contribution in [0, 0.1) is 0 Å². The van der Waals surface area contributed by atoms with Crippen molar-refractivity contribution in [2.24, 2.45) is 0 Å². The standard InChI is InChI=1S/C23H24F2N4O2/c1-2-18(30)23(21(31)28-19(20(24)25)15-9-4-3-5-10-15)13-8-14-29(23)22-26-16-11-6-7-12-17(16)27-22/h3-7,9-12,19-20H,2,8,13-14H2,1H3,(H,26,27)(H,28,31)/t19?,23-/m1/s1. The molecule has 2 atom stereocenters. The fourth-order valence-electron chi connectivity index (χ4n) is 4.33. The molecule has 0 saturated carbocycles.